The molecule has 0 saturated heterocycles. The number of ether oxygens (including phenoxy) is 1. The molecule has 4 fully saturated rings. The summed E-state index contributed by atoms with van der Waals surface area (Å²) in [4.78, 5) is 51.1. The molecule has 5 aliphatic rings. The van der Waals surface area contributed by atoms with E-state index in [4.69, 9.17) is 19.0 Å². The van der Waals surface area contributed by atoms with E-state index in [1.807, 2.05) is 6.92 Å². The lowest BCUT2D eigenvalue weighted by Crippen LogP contribution is -2.70. The summed E-state index contributed by atoms with van der Waals surface area (Å²) in [5, 5.41) is 0. The van der Waals surface area contributed by atoms with Gasteiger partial charge in [0, 0.05) is 17.3 Å². The third-order valence-corrected chi connectivity index (χ3v) is 15.1. The maximum absolute atomic E-state index is 17.2. The number of allylic oxidation sites excluding steroid dienone is 2. The summed E-state index contributed by atoms with van der Waals surface area (Å²) in [5.74, 6) is -3.88. The van der Waals surface area contributed by atoms with Gasteiger partial charge in [-0.2, -0.15) is 0 Å². The van der Waals surface area contributed by atoms with Crippen molar-refractivity contribution in [2.45, 2.75) is 112 Å². The maximum Gasteiger partial charge on any atom is 0.472 e. The van der Waals surface area contributed by atoms with E-state index in [-0.39, 0.29) is 42.9 Å². The summed E-state index contributed by atoms with van der Waals surface area (Å²) in [7, 11) is -9.99. The van der Waals surface area contributed by atoms with Crippen molar-refractivity contribution in [2.75, 3.05) is 6.79 Å². The number of carbonyl (C=O) groups is 1. The molecular weight excluding hydrogens is 632 g/mol. The van der Waals surface area contributed by atoms with Crippen LogP contribution in [0.25, 0.3) is 0 Å². The zero-order chi connectivity index (χ0) is 33.8. The molecule has 0 bridgehead atoms. The molecule has 5 rings (SSSR count). The number of carbonyl (C=O) groups excluding carboxylic acids is 1. The van der Waals surface area contributed by atoms with Gasteiger partial charge < -0.3 is 24.3 Å². The van der Waals surface area contributed by atoms with E-state index in [1.165, 1.54) is 0 Å². The fourth-order valence-electron chi connectivity index (χ4n) is 11.3. The van der Waals surface area contributed by atoms with Gasteiger partial charge in [-0.3, -0.25) is 4.79 Å². The Bertz CT molecular complexity index is 1350. The van der Waals surface area contributed by atoms with Crippen LogP contribution in [0.15, 0.2) is 11.6 Å². The van der Waals surface area contributed by atoms with Gasteiger partial charge in [-0.15, -0.1) is 0 Å². The molecular formula is C31H50F2O10P2. The first-order valence-corrected chi connectivity index (χ1v) is 19.1. The van der Waals surface area contributed by atoms with E-state index < -0.39 is 73.4 Å². The topological polar surface area (TPSA) is 160 Å². The molecule has 0 amide bonds. The van der Waals surface area contributed by atoms with Crippen molar-refractivity contribution >= 4 is 21.6 Å². The van der Waals surface area contributed by atoms with Crippen molar-refractivity contribution < 1.29 is 56.1 Å². The van der Waals surface area contributed by atoms with Gasteiger partial charge in [-0.1, -0.05) is 60.1 Å². The number of hydrogen-bond donors (Lipinski definition) is 4. The second kappa shape index (κ2) is 10.9. The first-order chi connectivity index (χ1) is 20.4. The number of phosphoric acid groups is 2. The van der Waals surface area contributed by atoms with E-state index in [9.17, 15) is 23.7 Å². The summed E-state index contributed by atoms with van der Waals surface area (Å²) in [6, 6.07) is 0. The molecule has 11 unspecified atom stereocenters. The molecule has 0 aromatic heterocycles. The maximum atomic E-state index is 17.2. The molecule has 258 valence electrons. The van der Waals surface area contributed by atoms with Crippen molar-refractivity contribution in [1.29, 1.82) is 0 Å². The van der Waals surface area contributed by atoms with Crippen LogP contribution in [0.3, 0.4) is 0 Å². The van der Waals surface area contributed by atoms with E-state index in [1.54, 1.807) is 13.8 Å². The minimum atomic E-state index is -5.15. The molecule has 0 aliphatic heterocycles. The number of alkyl halides is 2. The number of esters is 1. The zero-order valence-electron chi connectivity index (χ0n) is 27.3. The summed E-state index contributed by atoms with van der Waals surface area (Å²) < 4.78 is 71.2. The number of rotatable bonds is 6. The molecule has 11 atom stereocenters. The predicted molar refractivity (Wildman–Crippen MR) is 160 cm³/mol. The highest BCUT2D eigenvalue weighted by atomic mass is 31.2. The molecule has 45 heavy (non-hydrogen) atoms. The van der Waals surface area contributed by atoms with Gasteiger partial charge in [0.1, 0.15) is 6.17 Å². The second-order valence-corrected chi connectivity index (χ2v) is 18.4. The number of fused-ring (bicyclic) bond motifs is 7. The Morgan fingerprint density at radius 2 is 1.60 bits per heavy atom. The SMILES string of the molecule is CC1CCC2(C(=O)OCOP(=O)(O)O)CCC3(C)C(=CCC4C5(C)CCC(F)(OP(=O)(O)O)C(C)(C)C5CC(F)C43C)C2C1C. The van der Waals surface area contributed by atoms with Crippen molar-refractivity contribution in [1.82, 2.24) is 0 Å². The third-order valence-electron chi connectivity index (χ3n) is 14.2. The first-order valence-electron chi connectivity index (χ1n) is 16.1. The van der Waals surface area contributed by atoms with E-state index in [0.29, 0.717) is 25.7 Å². The lowest BCUT2D eigenvalue weighted by Gasteiger charge is -2.72. The first kappa shape index (κ1) is 35.6. The fourth-order valence-corrected chi connectivity index (χ4v) is 12.2. The molecule has 5 aliphatic carbocycles. The number of hydrogen-bond acceptors (Lipinski definition) is 6. The monoisotopic (exact) mass is 682 g/mol. The van der Waals surface area contributed by atoms with Crippen molar-refractivity contribution in [3.8, 4) is 0 Å². The van der Waals surface area contributed by atoms with E-state index in [0.717, 1.165) is 12.0 Å². The average molecular weight is 683 g/mol. The lowest BCUT2D eigenvalue weighted by molar-refractivity contribution is -0.284. The van der Waals surface area contributed by atoms with E-state index in [2.05, 4.69) is 38.3 Å². The summed E-state index contributed by atoms with van der Waals surface area (Å²) >= 11 is 0. The Labute approximate surface area is 264 Å². The standard InChI is InChI=1S/C31H50F2O10P2/c1-18-10-11-30(25(34)41-17-42-44(35,36)37)14-13-28(6)20(24(30)19(18)2)8-9-21-27(5)12-15-31(33,43-45(38,39)40)26(3,4)22(27)16-23(32)29(21,28)7/h8,18-19,21-24H,9-17H2,1-7H3,(H2,35,36,37)(H2,38,39,40). The van der Waals surface area contributed by atoms with Crippen LogP contribution in [0.1, 0.15) is 99.8 Å². The highest BCUT2D eigenvalue weighted by molar-refractivity contribution is 7.46. The van der Waals surface area contributed by atoms with Crippen LogP contribution >= 0.6 is 15.6 Å². The second-order valence-electron chi connectivity index (χ2n) is 16.0. The highest BCUT2D eigenvalue weighted by Gasteiger charge is 2.74. The van der Waals surface area contributed by atoms with Gasteiger partial charge in [0.25, 0.3) is 0 Å². The Balaban J connectivity index is 1.55. The lowest BCUT2D eigenvalue weighted by atomic mass is 9.32. The Hall–Kier alpha value is -0.710. The van der Waals surface area contributed by atoms with Gasteiger partial charge in [0.05, 0.1) is 5.41 Å². The van der Waals surface area contributed by atoms with Crippen LogP contribution in [-0.2, 0) is 27.7 Å². The number of phosphoric ester groups is 2. The van der Waals surface area contributed by atoms with Crippen LogP contribution < -0.4 is 0 Å². The van der Waals surface area contributed by atoms with Crippen molar-refractivity contribution in [3.05, 3.63) is 11.6 Å². The highest BCUT2D eigenvalue weighted by Crippen LogP contribution is 2.77. The largest absolute Gasteiger partial charge is 0.472 e. The smallest absolute Gasteiger partial charge is 0.437 e. The van der Waals surface area contributed by atoms with Crippen molar-refractivity contribution in [2.24, 2.45) is 56.7 Å². The van der Waals surface area contributed by atoms with Crippen LogP contribution in [0.2, 0.25) is 0 Å². The summed E-state index contributed by atoms with van der Waals surface area (Å²) in [6.45, 7) is 12.8. The minimum absolute atomic E-state index is 0.0130. The minimum Gasteiger partial charge on any atom is -0.437 e. The quantitative estimate of drug-likeness (QED) is 0.0997. The van der Waals surface area contributed by atoms with Gasteiger partial charge in [0.2, 0.25) is 12.6 Å². The van der Waals surface area contributed by atoms with Gasteiger partial charge in [-0.05, 0) is 85.4 Å². The van der Waals surface area contributed by atoms with Crippen LogP contribution in [-0.4, -0.2) is 44.4 Å². The summed E-state index contributed by atoms with van der Waals surface area (Å²) in [6.07, 6.45) is 3.61. The molecule has 10 nitrogen and oxygen atoms in total. The van der Waals surface area contributed by atoms with E-state index >= 15 is 8.78 Å². The zero-order valence-corrected chi connectivity index (χ0v) is 29.1. The third kappa shape index (κ3) is 5.19. The average Bonchev–Trinajstić information content (AvgIpc) is 2.90. The molecule has 0 aromatic carbocycles. The molecule has 0 aromatic rings. The molecule has 14 heteroatoms. The fraction of sp³-hybridized carbons (Fsp3) is 0.903. The van der Waals surface area contributed by atoms with Gasteiger partial charge >= 0.3 is 21.6 Å². The number of halogens is 2. The van der Waals surface area contributed by atoms with Gasteiger partial charge in [0.15, 0.2) is 0 Å². The molecule has 0 spiro atoms. The Morgan fingerprint density at radius 1 is 0.956 bits per heavy atom. The summed E-state index contributed by atoms with van der Waals surface area (Å²) in [5.41, 5.74) is -3.37. The van der Waals surface area contributed by atoms with Gasteiger partial charge in [-0.25, -0.2) is 27.0 Å². The van der Waals surface area contributed by atoms with Crippen LogP contribution in [0.4, 0.5) is 8.78 Å². The molecule has 4 N–H and O–H groups in total. The normalized spacial score (nSPS) is 47.8. The Morgan fingerprint density at radius 3 is 2.20 bits per heavy atom. The van der Waals surface area contributed by atoms with Crippen LogP contribution in [0, 0.1) is 56.7 Å². The molecule has 0 radical (unpaired) electrons. The molecule has 4 saturated carbocycles. The Kier molecular flexibility index (Phi) is 8.62. The van der Waals surface area contributed by atoms with Crippen molar-refractivity contribution in [3.63, 3.8) is 0 Å². The van der Waals surface area contributed by atoms with Crippen LogP contribution in [0.5, 0.6) is 0 Å². The predicted octanol–water partition coefficient (Wildman–Crippen LogP) is 6.98. The molecule has 0 heterocycles.